The molecule has 0 fully saturated rings. The van der Waals surface area contributed by atoms with Gasteiger partial charge in [0.15, 0.2) is 5.84 Å². The summed E-state index contributed by atoms with van der Waals surface area (Å²) in [6, 6.07) is 1.81. The first-order valence-corrected chi connectivity index (χ1v) is 5.69. The summed E-state index contributed by atoms with van der Waals surface area (Å²) in [6.45, 7) is 3.75. The number of nitrogens with two attached hydrogens (primary N) is 1. The molecule has 1 rings (SSSR count). The van der Waals surface area contributed by atoms with Crippen LogP contribution in [0.25, 0.3) is 0 Å². The Kier molecular flexibility index (Phi) is 4.30. The Hall–Kier alpha value is -2.05. The lowest BCUT2D eigenvalue weighted by Gasteiger charge is -2.24. The molecule has 18 heavy (non-hydrogen) atoms. The number of carbonyl (C=O) groups is 1. The Morgan fingerprint density at radius 2 is 2.39 bits per heavy atom. The highest BCUT2D eigenvalue weighted by Gasteiger charge is 2.36. The first-order valence-electron chi connectivity index (χ1n) is 5.69. The summed E-state index contributed by atoms with van der Waals surface area (Å²) >= 11 is 0. The number of hydrogen-bond acceptors (Lipinski definition) is 4. The van der Waals surface area contributed by atoms with E-state index in [1.54, 1.807) is 31.8 Å². The highest BCUT2D eigenvalue weighted by molar-refractivity contribution is 6.06. The van der Waals surface area contributed by atoms with E-state index in [1.807, 2.05) is 6.07 Å². The molecule has 0 saturated heterocycles. The minimum absolute atomic E-state index is 0.0940. The Balaban J connectivity index is 2.69. The van der Waals surface area contributed by atoms with Gasteiger partial charge in [-0.25, -0.2) is 0 Å². The van der Waals surface area contributed by atoms with Crippen molar-refractivity contribution in [2.75, 3.05) is 0 Å². The highest BCUT2D eigenvalue weighted by Crippen LogP contribution is 2.21. The molecule has 0 aromatic carbocycles. The second kappa shape index (κ2) is 5.52. The van der Waals surface area contributed by atoms with Crippen molar-refractivity contribution in [3.8, 4) is 0 Å². The highest BCUT2D eigenvalue weighted by atomic mass is 16.4. The number of carbonyl (C=O) groups excluding carboxylic acids is 1. The maximum Gasteiger partial charge on any atom is 0.233 e. The van der Waals surface area contributed by atoms with Crippen LogP contribution in [0.5, 0.6) is 0 Å². The standard InChI is InChI=1S/C11H19N5O2/c1-4-11(2,9(12)15-18)10(17)13-7-8-5-6-16(3)14-8/h5-6,18H,4,7H2,1-3H3,(H2,12,15)(H,13,17). The predicted octanol–water partition coefficient (Wildman–Crippen LogP) is 0.199. The molecule has 7 heteroatoms. The third kappa shape index (κ3) is 2.79. The number of hydrogen-bond donors (Lipinski definition) is 3. The molecular formula is C11H19N5O2. The molecule has 0 bridgehead atoms. The molecule has 1 atom stereocenters. The molecule has 0 aliphatic heterocycles. The minimum atomic E-state index is -1.01. The first kappa shape index (κ1) is 14.0. The van der Waals surface area contributed by atoms with Gasteiger partial charge in [-0.2, -0.15) is 5.10 Å². The number of aromatic nitrogens is 2. The van der Waals surface area contributed by atoms with Crippen molar-refractivity contribution in [1.82, 2.24) is 15.1 Å². The van der Waals surface area contributed by atoms with Gasteiger partial charge in [-0.15, -0.1) is 0 Å². The van der Waals surface area contributed by atoms with E-state index in [-0.39, 0.29) is 11.7 Å². The van der Waals surface area contributed by atoms with Crippen molar-refractivity contribution in [3.05, 3.63) is 18.0 Å². The van der Waals surface area contributed by atoms with Gasteiger partial charge >= 0.3 is 0 Å². The zero-order valence-corrected chi connectivity index (χ0v) is 10.8. The van der Waals surface area contributed by atoms with Crippen LogP contribution in [0.4, 0.5) is 0 Å². The first-order chi connectivity index (χ1) is 8.43. The normalized spacial score (nSPS) is 15.2. The summed E-state index contributed by atoms with van der Waals surface area (Å²) in [6.07, 6.45) is 2.24. The van der Waals surface area contributed by atoms with Crippen LogP contribution in [-0.2, 0) is 18.4 Å². The molecule has 0 aliphatic carbocycles. The average molecular weight is 253 g/mol. The lowest BCUT2D eigenvalue weighted by Crippen LogP contribution is -2.47. The van der Waals surface area contributed by atoms with Gasteiger partial charge in [0.1, 0.15) is 5.41 Å². The summed E-state index contributed by atoms with van der Waals surface area (Å²) in [4.78, 5) is 12.1. The second-order valence-corrected chi connectivity index (χ2v) is 4.33. The minimum Gasteiger partial charge on any atom is -0.409 e. The Morgan fingerprint density at radius 1 is 1.72 bits per heavy atom. The van der Waals surface area contributed by atoms with Crippen LogP contribution in [0.3, 0.4) is 0 Å². The lowest BCUT2D eigenvalue weighted by atomic mass is 9.85. The predicted molar refractivity (Wildman–Crippen MR) is 66.9 cm³/mol. The van der Waals surface area contributed by atoms with Gasteiger partial charge in [0, 0.05) is 13.2 Å². The molecule has 0 radical (unpaired) electrons. The number of nitrogens with zero attached hydrogens (tertiary/aromatic N) is 3. The van der Waals surface area contributed by atoms with Gasteiger partial charge in [-0.3, -0.25) is 9.48 Å². The third-order valence-corrected chi connectivity index (χ3v) is 3.08. The molecule has 1 unspecified atom stereocenters. The fourth-order valence-electron chi connectivity index (χ4n) is 1.49. The average Bonchev–Trinajstić information content (AvgIpc) is 2.79. The Bertz CT molecular complexity index is 454. The molecule has 1 amide bonds. The summed E-state index contributed by atoms with van der Waals surface area (Å²) in [7, 11) is 1.80. The number of amidine groups is 1. The molecule has 7 nitrogen and oxygen atoms in total. The Labute approximate surface area is 106 Å². The molecule has 0 aliphatic rings. The van der Waals surface area contributed by atoms with E-state index in [0.717, 1.165) is 5.69 Å². The van der Waals surface area contributed by atoms with E-state index in [2.05, 4.69) is 15.6 Å². The van der Waals surface area contributed by atoms with E-state index >= 15 is 0 Å². The lowest BCUT2D eigenvalue weighted by molar-refractivity contribution is -0.127. The summed E-state index contributed by atoms with van der Waals surface area (Å²) in [5.74, 6) is -0.380. The van der Waals surface area contributed by atoms with Crippen LogP contribution in [0.2, 0.25) is 0 Å². The van der Waals surface area contributed by atoms with Crippen molar-refractivity contribution >= 4 is 11.7 Å². The largest absolute Gasteiger partial charge is 0.409 e. The molecule has 1 heterocycles. The fourth-order valence-corrected chi connectivity index (χ4v) is 1.49. The number of aryl methyl sites for hydroxylation is 1. The van der Waals surface area contributed by atoms with Crippen LogP contribution < -0.4 is 11.1 Å². The van der Waals surface area contributed by atoms with E-state index < -0.39 is 5.41 Å². The molecule has 0 spiro atoms. The molecule has 1 aromatic heterocycles. The second-order valence-electron chi connectivity index (χ2n) is 4.33. The third-order valence-electron chi connectivity index (χ3n) is 3.08. The number of oxime groups is 1. The van der Waals surface area contributed by atoms with Gasteiger partial charge in [-0.1, -0.05) is 12.1 Å². The molecule has 4 N–H and O–H groups in total. The van der Waals surface area contributed by atoms with E-state index in [1.165, 1.54) is 0 Å². The quantitative estimate of drug-likeness (QED) is 0.301. The van der Waals surface area contributed by atoms with Crippen LogP contribution in [0, 0.1) is 5.41 Å². The number of amides is 1. The Morgan fingerprint density at radius 3 is 2.83 bits per heavy atom. The van der Waals surface area contributed by atoms with Gasteiger partial charge in [-0.05, 0) is 19.4 Å². The number of nitrogens with one attached hydrogen (secondary N) is 1. The monoisotopic (exact) mass is 253 g/mol. The van der Waals surface area contributed by atoms with Crippen molar-refractivity contribution in [1.29, 1.82) is 0 Å². The topological polar surface area (TPSA) is 106 Å². The fraction of sp³-hybridized carbons (Fsp3) is 0.545. The van der Waals surface area contributed by atoms with Gasteiger partial charge < -0.3 is 16.3 Å². The summed E-state index contributed by atoms with van der Waals surface area (Å²) in [5.41, 5.74) is 5.30. The van der Waals surface area contributed by atoms with Gasteiger partial charge in [0.2, 0.25) is 5.91 Å². The molecule has 1 aromatic rings. The van der Waals surface area contributed by atoms with Crippen LogP contribution in [0.1, 0.15) is 26.0 Å². The van der Waals surface area contributed by atoms with Gasteiger partial charge in [0.05, 0.1) is 12.2 Å². The van der Waals surface area contributed by atoms with E-state index in [4.69, 9.17) is 10.9 Å². The van der Waals surface area contributed by atoms with E-state index in [9.17, 15) is 4.79 Å². The van der Waals surface area contributed by atoms with Crippen molar-refractivity contribution in [3.63, 3.8) is 0 Å². The van der Waals surface area contributed by atoms with Crippen molar-refractivity contribution in [2.24, 2.45) is 23.4 Å². The maximum atomic E-state index is 12.1. The van der Waals surface area contributed by atoms with Crippen LogP contribution >= 0.6 is 0 Å². The molecule has 100 valence electrons. The number of rotatable bonds is 5. The zero-order chi connectivity index (χ0) is 13.8. The zero-order valence-electron chi connectivity index (χ0n) is 10.8. The van der Waals surface area contributed by atoms with Crippen molar-refractivity contribution < 1.29 is 10.0 Å². The smallest absolute Gasteiger partial charge is 0.233 e. The SMILES string of the molecule is CCC(C)(C(=O)NCc1ccn(C)n1)/C(N)=N/O. The van der Waals surface area contributed by atoms with Crippen LogP contribution in [0.15, 0.2) is 17.4 Å². The van der Waals surface area contributed by atoms with Gasteiger partial charge in [0.25, 0.3) is 0 Å². The van der Waals surface area contributed by atoms with E-state index in [0.29, 0.717) is 13.0 Å². The maximum absolute atomic E-state index is 12.1. The molecular weight excluding hydrogens is 234 g/mol. The summed E-state index contributed by atoms with van der Waals surface area (Å²) in [5, 5.41) is 18.5. The summed E-state index contributed by atoms with van der Waals surface area (Å²) < 4.78 is 1.66. The molecule has 0 saturated carbocycles. The van der Waals surface area contributed by atoms with Crippen LogP contribution in [-0.4, -0.2) is 26.7 Å². The van der Waals surface area contributed by atoms with Crippen molar-refractivity contribution in [2.45, 2.75) is 26.8 Å².